The normalized spacial score (nSPS) is 22.3. The van der Waals surface area contributed by atoms with E-state index in [1.54, 1.807) is 6.21 Å². The van der Waals surface area contributed by atoms with Gasteiger partial charge in [0, 0.05) is 6.21 Å². The third-order valence-corrected chi connectivity index (χ3v) is 2.32. The summed E-state index contributed by atoms with van der Waals surface area (Å²) in [4.78, 5) is 0. The zero-order valence-corrected chi connectivity index (χ0v) is 7.89. The van der Waals surface area contributed by atoms with Crippen LogP contribution in [0.4, 0.5) is 0 Å². The van der Waals surface area contributed by atoms with Crippen LogP contribution < -0.4 is 0 Å². The Balaban J connectivity index is 2.14. The molecule has 0 aromatic carbocycles. The molecule has 0 bridgehead atoms. The van der Waals surface area contributed by atoms with Crippen LogP contribution in [0.1, 0.15) is 32.1 Å². The predicted molar refractivity (Wildman–Crippen MR) is 55.1 cm³/mol. The van der Waals surface area contributed by atoms with Crippen LogP contribution in [-0.4, -0.2) is 11.4 Å². The lowest BCUT2D eigenvalue weighted by atomic mass is 9.97. The molecule has 0 aromatic rings. The molecule has 1 aliphatic rings. The second-order valence-corrected chi connectivity index (χ2v) is 3.38. The highest BCUT2D eigenvalue weighted by Crippen LogP contribution is 2.18. The van der Waals surface area contributed by atoms with Crippen LogP contribution in [0, 0.1) is 5.92 Å². The number of unbranched alkanes of at least 4 members (excludes halogenated alkanes) is 1. The maximum absolute atomic E-state index is 8.19. The van der Waals surface area contributed by atoms with Crippen molar-refractivity contribution in [3.05, 3.63) is 24.3 Å². The van der Waals surface area contributed by atoms with Gasteiger partial charge in [-0.05, 0) is 38.0 Å². The van der Waals surface area contributed by atoms with Gasteiger partial charge in [0.25, 0.3) is 0 Å². The molecule has 13 heavy (non-hydrogen) atoms. The summed E-state index contributed by atoms with van der Waals surface area (Å²) >= 11 is 0. The standard InChI is InChI=1S/C11H17NO/c13-12-10-6-5-9-11-7-3-1-2-4-8-11/h1-3,7,10-11,13H,4-6,8-9H2. The van der Waals surface area contributed by atoms with Crippen molar-refractivity contribution in [2.75, 3.05) is 0 Å². The average molecular weight is 179 g/mol. The van der Waals surface area contributed by atoms with Crippen LogP contribution >= 0.6 is 0 Å². The van der Waals surface area contributed by atoms with Crippen molar-refractivity contribution in [2.45, 2.75) is 32.1 Å². The summed E-state index contributed by atoms with van der Waals surface area (Å²) in [5.41, 5.74) is 0. The SMILES string of the molecule is ON=CCCCC1C=CC=CCC1. The van der Waals surface area contributed by atoms with Crippen molar-refractivity contribution in [2.24, 2.45) is 11.1 Å². The van der Waals surface area contributed by atoms with Gasteiger partial charge in [0.1, 0.15) is 0 Å². The average Bonchev–Trinajstić information content (AvgIpc) is 2.41. The summed E-state index contributed by atoms with van der Waals surface area (Å²) in [6, 6.07) is 0. The number of hydrogen-bond donors (Lipinski definition) is 1. The van der Waals surface area contributed by atoms with Crippen molar-refractivity contribution in [1.82, 2.24) is 0 Å². The molecule has 0 saturated heterocycles. The second kappa shape index (κ2) is 6.46. The minimum absolute atomic E-state index is 0.710. The molecule has 2 heteroatoms. The van der Waals surface area contributed by atoms with Gasteiger partial charge in [-0.15, -0.1) is 5.16 Å². The van der Waals surface area contributed by atoms with Crippen molar-refractivity contribution >= 4 is 6.21 Å². The van der Waals surface area contributed by atoms with Crippen molar-refractivity contribution in [1.29, 1.82) is 0 Å². The topological polar surface area (TPSA) is 32.6 Å². The third-order valence-electron chi connectivity index (χ3n) is 2.32. The molecular formula is C11H17NO. The summed E-state index contributed by atoms with van der Waals surface area (Å²) in [7, 11) is 0. The van der Waals surface area contributed by atoms with Gasteiger partial charge >= 0.3 is 0 Å². The Kier molecular flexibility index (Phi) is 4.99. The molecule has 0 aromatic heterocycles. The Labute approximate surface area is 79.6 Å². The number of allylic oxidation sites excluding steroid dienone is 4. The Morgan fingerprint density at radius 1 is 1.46 bits per heavy atom. The van der Waals surface area contributed by atoms with Crippen molar-refractivity contribution in [3.63, 3.8) is 0 Å². The molecule has 1 rings (SSSR count). The molecule has 0 amide bonds. The van der Waals surface area contributed by atoms with Gasteiger partial charge in [-0.1, -0.05) is 24.3 Å². The van der Waals surface area contributed by atoms with Gasteiger partial charge in [-0.25, -0.2) is 0 Å². The Morgan fingerprint density at radius 2 is 2.38 bits per heavy atom. The minimum atomic E-state index is 0.710. The zero-order valence-electron chi connectivity index (χ0n) is 7.89. The first-order valence-corrected chi connectivity index (χ1v) is 4.92. The van der Waals surface area contributed by atoms with E-state index in [1.165, 1.54) is 19.3 Å². The molecule has 2 nitrogen and oxygen atoms in total. The Bertz CT molecular complexity index is 206. The molecule has 0 fully saturated rings. The lowest BCUT2D eigenvalue weighted by Gasteiger charge is -2.08. The van der Waals surface area contributed by atoms with Crippen LogP contribution in [-0.2, 0) is 0 Å². The van der Waals surface area contributed by atoms with E-state index in [0.29, 0.717) is 5.92 Å². The summed E-state index contributed by atoms with van der Waals surface area (Å²) in [5.74, 6) is 0.710. The number of rotatable bonds is 4. The van der Waals surface area contributed by atoms with Crippen LogP contribution in [0.5, 0.6) is 0 Å². The fourth-order valence-electron chi connectivity index (χ4n) is 1.57. The van der Waals surface area contributed by atoms with E-state index in [0.717, 1.165) is 12.8 Å². The summed E-state index contributed by atoms with van der Waals surface area (Å²) in [6.07, 6.45) is 15.9. The van der Waals surface area contributed by atoms with E-state index >= 15 is 0 Å². The van der Waals surface area contributed by atoms with Gasteiger partial charge in [0.15, 0.2) is 0 Å². The van der Waals surface area contributed by atoms with Gasteiger partial charge < -0.3 is 5.21 Å². The van der Waals surface area contributed by atoms with Gasteiger partial charge in [-0.2, -0.15) is 0 Å². The maximum Gasteiger partial charge on any atom is 0.0435 e. The molecule has 72 valence electrons. The lowest BCUT2D eigenvalue weighted by molar-refractivity contribution is 0.320. The quantitative estimate of drug-likeness (QED) is 0.306. The highest BCUT2D eigenvalue weighted by molar-refractivity contribution is 5.55. The molecule has 0 heterocycles. The summed E-state index contributed by atoms with van der Waals surface area (Å²) < 4.78 is 0. The fraction of sp³-hybridized carbons (Fsp3) is 0.545. The predicted octanol–water partition coefficient (Wildman–Crippen LogP) is 3.14. The largest absolute Gasteiger partial charge is 0.411 e. The summed E-state index contributed by atoms with van der Waals surface area (Å²) in [5, 5.41) is 11.2. The third kappa shape index (κ3) is 4.51. The molecule has 1 unspecified atom stereocenters. The first-order valence-electron chi connectivity index (χ1n) is 4.92. The molecule has 0 radical (unpaired) electrons. The number of hydrogen-bond acceptors (Lipinski definition) is 2. The maximum atomic E-state index is 8.19. The Hall–Kier alpha value is -1.05. The Morgan fingerprint density at radius 3 is 3.23 bits per heavy atom. The second-order valence-electron chi connectivity index (χ2n) is 3.38. The van der Waals surface area contributed by atoms with Crippen LogP contribution in [0.15, 0.2) is 29.5 Å². The minimum Gasteiger partial charge on any atom is -0.411 e. The fourth-order valence-corrected chi connectivity index (χ4v) is 1.57. The molecule has 1 aliphatic carbocycles. The number of oxime groups is 1. The first kappa shape index (κ1) is 10.0. The van der Waals surface area contributed by atoms with Crippen molar-refractivity contribution in [3.8, 4) is 0 Å². The van der Waals surface area contributed by atoms with Gasteiger partial charge in [0.2, 0.25) is 0 Å². The van der Waals surface area contributed by atoms with Crippen LogP contribution in [0.2, 0.25) is 0 Å². The van der Waals surface area contributed by atoms with Gasteiger partial charge in [0.05, 0.1) is 0 Å². The van der Waals surface area contributed by atoms with Gasteiger partial charge in [-0.3, -0.25) is 0 Å². The summed E-state index contributed by atoms with van der Waals surface area (Å²) in [6.45, 7) is 0. The van der Waals surface area contributed by atoms with E-state index in [9.17, 15) is 0 Å². The molecule has 0 aliphatic heterocycles. The molecular weight excluding hydrogens is 162 g/mol. The smallest absolute Gasteiger partial charge is 0.0435 e. The van der Waals surface area contributed by atoms with E-state index in [4.69, 9.17) is 5.21 Å². The lowest BCUT2D eigenvalue weighted by Crippen LogP contribution is -1.95. The highest BCUT2D eigenvalue weighted by Gasteiger charge is 2.04. The highest BCUT2D eigenvalue weighted by atomic mass is 16.4. The number of nitrogens with zero attached hydrogens (tertiary/aromatic N) is 1. The molecule has 1 atom stereocenters. The molecule has 0 spiro atoms. The van der Waals surface area contributed by atoms with Crippen molar-refractivity contribution < 1.29 is 5.21 Å². The van der Waals surface area contributed by atoms with E-state index < -0.39 is 0 Å². The molecule has 0 saturated carbocycles. The van der Waals surface area contributed by atoms with Crippen LogP contribution in [0.25, 0.3) is 0 Å². The van der Waals surface area contributed by atoms with E-state index in [1.807, 2.05) is 0 Å². The zero-order chi connectivity index (χ0) is 9.36. The monoisotopic (exact) mass is 179 g/mol. The van der Waals surface area contributed by atoms with E-state index in [2.05, 4.69) is 29.5 Å². The molecule has 1 N–H and O–H groups in total. The van der Waals surface area contributed by atoms with Crippen LogP contribution in [0.3, 0.4) is 0 Å². The van der Waals surface area contributed by atoms with E-state index in [-0.39, 0.29) is 0 Å². The first-order chi connectivity index (χ1) is 6.43.